The van der Waals surface area contributed by atoms with Crippen molar-refractivity contribution in [2.24, 2.45) is 11.1 Å². The van der Waals surface area contributed by atoms with Crippen LogP contribution in [0.15, 0.2) is 36.5 Å². The molecule has 0 atom stereocenters. The number of nitrogens with two attached hydrogens (primary N) is 1. The van der Waals surface area contributed by atoms with E-state index in [2.05, 4.69) is 10.3 Å². The molecule has 0 spiro atoms. The van der Waals surface area contributed by atoms with Crippen LogP contribution >= 0.6 is 11.3 Å². The van der Waals surface area contributed by atoms with E-state index in [1.54, 1.807) is 6.20 Å². The molecule has 1 aromatic carbocycles. The zero-order valence-electron chi connectivity index (χ0n) is 11.9. The van der Waals surface area contributed by atoms with Crippen molar-refractivity contribution in [3.05, 3.63) is 47.0 Å². The average molecular weight is 303 g/mol. The summed E-state index contributed by atoms with van der Waals surface area (Å²) in [5.41, 5.74) is 5.13. The highest BCUT2D eigenvalue weighted by Gasteiger charge is 2.34. The average Bonchev–Trinajstić information content (AvgIpc) is 2.86. The molecule has 0 saturated heterocycles. The van der Waals surface area contributed by atoms with Gasteiger partial charge in [0.25, 0.3) is 0 Å². The lowest BCUT2D eigenvalue weighted by atomic mass is 9.92. The maximum atomic E-state index is 12.0. The molecule has 3 N–H and O–H groups in total. The van der Waals surface area contributed by atoms with Crippen molar-refractivity contribution < 1.29 is 9.59 Å². The number of nitrogens with zero attached hydrogens (tertiary/aromatic N) is 1. The standard InChI is InChI=1S/C15H17N3O2S/c1-15(2,12(16)19)13(20)18-14-17-9-11(21-14)8-10-6-4-3-5-7-10/h3-7,9H,8H2,1-2H3,(H2,16,19)(H,17,18,20). The molecular weight excluding hydrogens is 286 g/mol. The lowest BCUT2D eigenvalue weighted by molar-refractivity contribution is -0.136. The number of hydrogen-bond donors (Lipinski definition) is 2. The van der Waals surface area contributed by atoms with Gasteiger partial charge in [0.15, 0.2) is 5.13 Å². The van der Waals surface area contributed by atoms with Crippen LogP contribution in [0.25, 0.3) is 0 Å². The van der Waals surface area contributed by atoms with Gasteiger partial charge in [-0.25, -0.2) is 4.98 Å². The van der Waals surface area contributed by atoms with Crippen LogP contribution in [-0.4, -0.2) is 16.8 Å². The Labute approximate surface area is 127 Å². The molecule has 2 amide bonds. The van der Waals surface area contributed by atoms with E-state index in [9.17, 15) is 9.59 Å². The molecule has 1 heterocycles. The van der Waals surface area contributed by atoms with Crippen LogP contribution in [0.5, 0.6) is 0 Å². The first-order chi connectivity index (χ1) is 9.89. The maximum Gasteiger partial charge on any atom is 0.241 e. The monoisotopic (exact) mass is 303 g/mol. The Hall–Kier alpha value is -2.21. The van der Waals surface area contributed by atoms with Gasteiger partial charge in [-0.3, -0.25) is 9.59 Å². The zero-order chi connectivity index (χ0) is 15.5. The van der Waals surface area contributed by atoms with E-state index in [1.807, 2.05) is 30.3 Å². The number of rotatable bonds is 5. The minimum absolute atomic E-state index is 0.449. The summed E-state index contributed by atoms with van der Waals surface area (Å²) in [6.45, 7) is 2.98. The number of amides is 2. The number of hydrogen-bond acceptors (Lipinski definition) is 4. The molecule has 0 radical (unpaired) electrons. The molecule has 0 saturated carbocycles. The second-order valence-corrected chi connectivity index (χ2v) is 6.35. The number of aromatic nitrogens is 1. The number of benzene rings is 1. The van der Waals surface area contributed by atoms with Gasteiger partial charge in [0.2, 0.25) is 11.8 Å². The van der Waals surface area contributed by atoms with Crippen molar-refractivity contribution >= 4 is 28.3 Å². The van der Waals surface area contributed by atoms with E-state index in [0.29, 0.717) is 5.13 Å². The first-order valence-corrected chi connectivity index (χ1v) is 7.31. The Morgan fingerprint density at radius 3 is 2.57 bits per heavy atom. The van der Waals surface area contributed by atoms with Crippen molar-refractivity contribution in [3.8, 4) is 0 Å². The lowest BCUT2D eigenvalue weighted by Crippen LogP contribution is -2.42. The van der Waals surface area contributed by atoms with Crippen LogP contribution in [-0.2, 0) is 16.0 Å². The van der Waals surface area contributed by atoms with Gasteiger partial charge in [-0.15, -0.1) is 11.3 Å². The van der Waals surface area contributed by atoms with Gasteiger partial charge in [-0.1, -0.05) is 30.3 Å². The molecule has 2 aromatic rings. The highest BCUT2D eigenvalue weighted by atomic mass is 32.1. The molecule has 6 heteroatoms. The minimum atomic E-state index is -1.26. The van der Waals surface area contributed by atoms with E-state index in [-0.39, 0.29) is 0 Å². The molecule has 2 rings (SSSR count). The number of carbonyl (C=O) groups excluding carboxylic acids is 2. The van der Waals surface area contributed by atoms with E-state index >= 15 is 0 Å². The van der Waals surface area contributed by atoms with Gasteiger partial charge in [0, 0.05) is 17.5 Å². The number of carbonyl (C=O) groups is 2. The summed E-state index contributed by atoms with van der Waals surface area (Å²) in [5.74, 6) is -1.11. The number of nitrogens with one attached hydrogen (secondary N) is 1. The first kappa shape index (κ1) is 15.2. The highest BCUT2D eigenvalue weighted by molar-refractivity contribution is 7.15. The van der Waals surface area contributed by atoms with Crippen molar-refractivity contribution in [3.63, 3.8) is 0 Å². The maximum absolute atomic E-state index is 12.0. The minimum Gasteiger partial charge on any atom is -0.369 e. The van der Waals surface area contributed by atoms with Gasteiger partial charge in [0.05, 0.1) is 0 Å². The van der Waals surface area contributed by atoms with Crippen molar-refractivity contribution in [1.82, 2.24) is 4.98 Å². The topological polar surface area (TPSA) is 85.1 Å². The Bertz CT molecular complexity index is 650. The summed E-state index contributed by atoms with van der Waals surface area (Å²) in [5, 5.41) is 3.11. The Morgan fingerprint density at radius 1 is 1.29 bits per heavy atom. The summed E-state index contributed by atoms with van der Waals surface area (Å²) >= 11 is 1.39. The fourth-order valence-corrected chi connectivity index (χ4v) is 2.45. The van der Waals surface area contributed by atoms with Gasteiger partial charge < -0.3 is 11.1 Å². The second-order valence-electron chi connectivity index (χ2n) is 5.24. The Morgan fingerprint density at radius 2 is 1.95 bits per heavy atom. The fraction of sp³-hybridized carbons (Fsp3) is 0.267. The van der Waals surface area contributed by atoms with Crippen LogP contribution in [0, 0.1) is 5.41 Å². The van der Waals surface area contributed by atoms with Crippen LogP contribution in [0.4, 0.5) is 5.13 Å². The van der Waals surface area contributed by atoms with Gasteiger partial charge in [0.1, 0.15) is 5.41 Å². The molecule has 0 fully saturated rings. The van der Waals surface area contributed by atoms with E-state index < -0.39 is 17.2 Å². The lowest BCUT2D eigenvalue weighted by Gasteiger charge is -2.18. The SMILES string of the molecule is CC(C)(C(N)=O)C(=O)Nc1ncc(Cc2ccccc2)s1. The van der Waals surface area contributed by atoms with E-state index in [0.717, 1.165) is 11.3 Å². The molecule has 21 heavy (non-hydrogen) atoms. The van der Waals surface area contributed by atoms with Gasteiger partial charge in [-0.05, 0) is 19.4 Å². The molecule has 0 aliphatic heterocycles. The summed E-state index contributed by atoms with van der Waals surface area (Å²) in [4.78, 5) is 28.4. The molecule has 5 nitrogen and oxygen atoms in total. The molecule has 0 aliphatic carbocycles. The van der Waals surface area contributed by atoms with Crippen molar-refractivity contribution in [2.75, 3.05) is 5.32 Å². The van der Waals surface area contributed by atoms with Crippen molar-refractivity contribution in [1.29, 1.82) is 0 Å². The van der Waals surface area contributed by atoms with E-state index in [1.165, 1.54) is 30.7 Å². The third-order valence-electron chi connectivity index (χ3n) is 3.18. The zero-order valence-corrected chi connectivity index (χ0v) is 12.7. The van der Waals surface area contributed by atoms with Crippen molar-refractivity contribution in [2.45, 2.75) is 20.3 Å². The number of anilines is 1. The number of thiazole rings is 1. The smallest absolute Gasteiger partial charge is 0.241 e. The fourth-order valence-electron chi connectivity index (χ4n) is 1.61. The van der Waals surface area contributed by atoms with Crippen LogP contribution in [0.1, 0.15) is 24.3 Å². The normalized spacial score (nSPS) is 11.1. The molecule has 1 aromatic heterocycles. The third kappa shape index (κ3) is 3.66. The summed E-state index contributed by atoms with van der Waals surface area (Å²) in [7, 11) is 0. The van der Waals surface area contributed by atoms with E-state index in [4.69, 9.17) is 5.73 Å². The van der Waals surface area contributed by atoms with Crippen LogP contribution in [0.3, 0.4) is 0 Å². The second kappa shape index (κ2) is 6.05. The Kier molecular flexibility index (Phi) is 4.37. The predicted octanol–water partition coefficient (Wildman–Crippen LogP) is 2.18. The largest absolute Gasteiger partial charge is 0.369 e. The predicted molar refractivity (Wildman–Crippen MR) is 83.0 cm³/mol. The summed E-state index contributed by atoms with van der Waals surface area (Å²) in [6, 6.07) is 10.00. The molecular formula is C15H17N3O2S. The molecule has 0 bridgehead atoms. The molecule has 0 unspecified atom stereocenters. The summed E-state index contributed by atoms with van der Waals surface area (Å²) < 4.78 is 0. The quantitative estimate of drug-likeness (QED) is 0.830. The van der Waals surface area contributed by atoms with Gasteiger partial charge in [-0.2, -0.15) is 0 Å². The highest BCUT2D eigenvalue weighted by Crippen LogP contribution is 2.24. The molecule has 110 valence electrons. The Balaban J connectivity index is 2.04. The third-order valence-corrected chi connectivity index (χ3v) is 4.09. The summed E-state index contributed by atoms with van der Waals surface area (Å²) in [6.07, 6.45) is 2.48. The van der Waals surface area contributed by atoms with Crippen LogP contribution in [0.2, 0.25) is 0 Å². The molecule has 0 aliphatic rings. The number of primary amides is 1. The first-order valence-electron chi connectivity index (χ1n) is 6.49. The van der Waals surface area contributed by atoms with Gasteiger partial charge >= 0.3 is 0 Å². The van der Waals surface area contributed by atoms with Crippen LogP contribution < -0.4 is 11.1 Å².